The Morgan fingerprint density at radius 1 is 1.25 bits per heavy atom. The second-order valence-corrected chi connectivity index (χ2v) is 5.21. The molecule has 100 valence electrons. The molecular formula is C14H10FN3OS. The maximum atomic E-state index is 13.1. The summed E-state index contributed by atoms with van der Waals surface area (Å²) < 4.78 is 14.0. The number of anilines is 2. The van der Waals surface area contributed by atoms with Gasteiger partial charge in [-0.3, -0.25) is 10.1 Å². The lowest BCUT2D eigenvalue weighted by molar-refractivity contribution is 0.102. The van der Waals surface area contributed by atoms with Crippen molar-refractivity contribution in [1.82, 2.24) is 4.98 Å². The zero-order valence-corrected chi connectivity index (χ0v) is 11.1. The van der Waals surface area contributed by atoms with Crippen LogP contribution in [-0.4, -0.2) is 10.9 Å². The van der Waals surface area contributed by atoms with Crippen molar-refractivity contribution in [3.8, 4) is 0 Å². The van der Waals surface area contributed by atoms with E-state index >= 15 is 0 Å². The van der Waals surface area contributed by atoms with E-state index in [1.165, 1.54) is 29.5 Å². The molecule has 0 saturated carbocycles. The highest BCUT2D eigenvalue weighted by molar-refractivity contribution is 7.22. The average molecular weight is 287 g/mol. The molecule has 0 aliphatic rings. The van der Waals surface area contributed by atoms with Crippen LogP contribution in [0, 0.1) is 5.82 Å². The molecule has 2 aromatic carbocycles. The lowest BCUT2D eigenvalue weighted by atomic mass is 10.2. The van der Waals surface area contributed by atoms with E-state index in [1.54, 1.807) is 0 Å². The number of hydrogen-bond acceptors (Lipinski definition) is 4. The van der Waals surface area contributed by atoms with Gasteiger partial charge >= 0.3 is 0 Å². The van der Waals surface area contributed by atoms with Gasteiger partial charge in [0.15, 0.2) is 5.13 Å². The predicted octanol–water partition coefficient (Wildman–Crippen LogP) is 3.27. The minimum atomic E-state index is -0.540. The fraction of sp³-hybridized carbons (Fsp3) is 0. The molecule has 3 aromatic rings. The second kappa shape index (κ2) is 4.90. The van der Waals surface area contributed by atoms with E-state index in [0.29, 0.717) is 10.7 Å². The Morgan fingerprint density at radius 3 is 2.80 bits per heavy atom. The van der Waals surface area contributed by atoms with Gasteiger partial charge in [0.1, 0.15) is 5.82 Å². The SMILES string of the molecule is Nc1cc(C(=O)Nc2nc3ccccc3s2)ccc1F. The first-order valence-electron chi connectivity index (χ1n) is 5.85. The first-order chi connectivity index (χ1) is 9.63. The number of benzene rings is 2. The molecule has 6 heteroatoms. The molecule has 0 radical (unpaired) electrons. The highest BCUT2D eigenvalue weighted by Crippen LogP contribution is 2.25. The summed E-state index contributed by atoms with van der Waals surface area (Å²) in [6, 6.07) is 11.5. The summed E-state index contributed by atoms with van der Waals surface area (Å²) in [7, 11) is 0. The molecule has 0 bridgehead atoms. The fourth-order valence-corrected chi connectivity index (χ4v) is 2.64. The number of fused-ring (bicyclic) bond motifs is 1. The molecule has 0 aliphatic carbocycles. The Labute approximate surface area is 118 Å². The first kappa shape index (κ1) is 12.6. The zero-order valence-electron chi connectivity index (χ0n) is 10.3. The minimum absolute atomic E-state index is 0.0538. The molecule has 0 fully saturated rings. The lowest BCUT2D eigenvalue weighted by Gasteiger charge is -2.03. The van der Waals surface area contributed by atoms with Crippen LogP contribution in [-0.2, 0) is 0 Å². The number of hydrogen-bond donors (Lipinski definition) is 2. The van der Waals surface area contributed by atoms with Gasteiger partial charge in [0, 0.05) is 5.56 Å². The number of aromatic nitrogens is 1. The Hall–Kier alpha value is -2.47. The lowest BCUT2D eigenvalue weighted by Crippen LogP contribution is -2.12. The van der Waals surface area contributed by atoms with Crippen LogP contribution in [0.2, 0.25) is 0 Å². The van der Waals surface area contributed by atoms with Crippen molar-refractivity contribution in [2.24, 2.45) is 0 Å². The highest BCUT2D eigenvalue weighted by atomic mass is 32.1. The largest absolute Gasteiger partial charge is 0.396 e. The van der Waals surface area contributed by atoms with E-state index < -0.39 is 5.82 Å². The van der Waals surface area contributed by atoms with Crippen LogP contribution in [0.1, 0.15) is 10.4 Å². The smallest absolute Gasteiger partial charge is 0.257 e. The van der Waals surface area contributed by atoms with Gasteiger partial charge in [-0.25, -0.2) is 9.37 Å². The summed E-state index contributed by atoms with van der Waals surface area (Å²) in [5.74, 6) is -0.905. The van der Waals surface area contributed by atoms with E-state index in [-0.39, 0.29) is 11.6 Å². The number of carbonyl (C=O) groups is 1. The van der Waals surface area contributed by atoms with Crippen molar-refractivity contribution in [3.05, 3.63) is 53.8 Å². The summed E-state index contributed by atoms with van der Waals surface area (Å²) in [5, 5.41) is 3.18. The van der Waals surface area contributed by atoms with E-state index in [1.807, 2.05) is 24.3 Å². The molecule has 3 rings (SSSR count). The number of nitrogens with two attached hydrogens (primary N) is 1. The zero-order chi connectivity index (χ0) is 14.1. The molecule has 0 aliphatic heterocycles. The van der Waals surface area contributed by atoms with Gasteiger partial charge in [0.25, 0.3) is 5.91 Å². The molecular weight excluding hydrogens is 277 g/mol. The predicted molar refractivity (Wildman–Crippen MR) is 78.4 cm³/mol. The fourth-order valence-electron chi connectivity index (χ4n) is 1.78. The topological polar surface area (TPSA) is 68.0 Å². The van der Waals surface area contributed by atoms with Crippen LogP contribution in [0.15, 0.2) is 42.5 Å². The van der Waals surface area contributed by atoms with Crippen molar-refractivity contribution in [3.63, 3.8) is 0 Å². The van der Waals surface area contributed by atoms with E-state index in [4.69, 9.17) is 5.73 Å². The molecule has 20 heavy (non-hydrogen) atoms. The number of nitrogens with zero attached hydrogens (tertiary/aromatic N) is 1. The Morgan fingerprint density at radius 2 is 2.05 bits per heavy atom. The van der Waals surface area contributed by atoms with E-state index in [2.05, 4.69) is 10.3 Å². The number of amides is 1. The molecule has 1 aromatic heterocycles. The molecule has 0 spiro atoms. The standard InChI is InChI=1S/C14H10FN3OS/c15-9-6-5-8(7-10(9)16)13(19)18-14-17-11-3-1-2-4-12(11)20-14/h1-7H,16H2,(H,17,18,19). The number of rotatable bonds is 2. The van der Waals surface area contributed by atoms with Crippen molar-refractivity contribution in [2.45, 2.75) is 0 Å². The van der Waals surface area contributed by atoms with Gasteiger partial charge in [-0.1, -0.05) is 23.5 Å². The summed E-state index contributed by atoms with van der Waals surface area (Å²) in [6.45, 7) is 0. The third-order valence-electron chi connectivity index (χ3n) is 2.77. The second-order valence-electron chi connectivity index (χ2n) is 4.18. The van der Waals surface area contributed by atoms with E-state index in [9.17, 15) is 9.18 Å². The number of carbonyl (C=O) groups excluding carboxylic acids is 1. The van der Waals surface area contributed by atoms with Gasteiger partial charge in [-0.2, -0.15) is 0 Å². The maximum Gasteiger partial charge on any atom is 0.257 e. The third-order valence-corrected chi connectivity index (χ3v) is 3.72. The van der Waals surface area contributed by atoms with Crippen molar-refractivity contribution < 1.29 is 9.18 Å². The molecule has 0 saturated heterocycles. The number of halogens is 1. The molecule has 3 N–H and O–H groups in total. The summed E-state index contributed by atoms with van der Waals surface area (Å²) >= 11 is 1.38. The van der Waals surface area contributed by atoms with Crippen LogP contribution in [0.4, 0.5) is 15.2 Å². The number of thiazole rings is 1. The Balaban J connectivity index is 1.86. The minimum Gasteiger partial charge on any atom is -0.396 e. The molecule has 1 heterocycles. The van der Waals surface area contributed by atoms with Gasteiger partial charge in [-0.05, 0) is 30.3 Å². The normalized spacial score (nSPS) is 10.7. The average Bonchev–Trinajstić information content (AvgIpc) is 2.83. The van der Waals surface area contributed by atoms with Gasteiger partial charge in [0.2, 0.25) is 0 Å². The quantitative estimate of drug-likeness (QED) is 0.711. The molecule has 4 nitrogen and oxygen atoms in total. The third kappa shape index (κ3) is 2.33. The number of nitrogens with one attached hydrogen (secondary N) is 1. The first-order valence-corrected chi connectivity index (χ1v) is 6.67. The van der Waals surface area contributed by atoms with Gasteiger partial charge in [-0.15, -0.1) is 0 Å². The van der Waals surface area contributed by atoms with E-state index in [0.717, 1.165) is 10.2 Å². The molecule has 1 amide bonds. The Bertz CT molecular complexity index is 767. The van der Waals surface area contributed by atoms with Crippen molar-refractivity contribution >= 4 is 38.3 Å². The highest BCUT2D eigenvalue weighted by Gasteiger charge is 2.11. The Kier molecular flexibility index (Phi) is 3.08. The number of nitrogen functional groups attached to an aromatic ring is 1. The number of para-hydroxylation sites is 1. The van der Waals surface area contributed by atoms with Gasteiger partial charge in [0.05, 0.1) is 15.9 Å². The van der Waals surface area contributed by atoms with Crippen molar-refractivity contribution in [2.75, 3.05) is 11.1 Å². The van der Waals surface area contributed by atoms with Crippen LogP contribution in [0.3, 0.4) is 0 Å². The van der Waals surface area contributed by atoms with Crippen molar-refractivity contribution in [1.29, 1.82) is 0 Å². The van der Waals surface area contributed by atoms with Crippen LogP contribution in [0.25, 0.3) is 10.2 Å². The molecule has 0 atom stereocenters. The summed E-state index contributed by atoms with van der Waals surface area (Å²) in [5.41, 5.74) is 6.51. The summed E-state index contributed by atoms with van der Waals surface area (Å²) in [4.78, 5) is 16.3. The molecule has 0 unspecified atom stereocenters. The van der Waals surface area contributed by atoms with Crippen LogP contribution >= 0.6 is 11.3 Å². The van der Waals surface area contributed by atoms with Crippen LogP contribution in [0.5, 0.6) is 0 Å². The van der Waals surface area contributed by atoms with Crippen LogP contribution < -0.4 is 11.1 Å². The van der Waals surface area contributed by atoms with Gasteiger partial charge < -0.3 is 5.73 Å². The summed E-state index contributed by atoms with van der Waals surface area (Å²) in [6.07, 6.45) is 0. The monoisotopic (exact) mass is 287 g/mol. The maximum absolute atomic E-state index is 13.1.